The summed E-state index contributed by atoms with van der Waals surface area (Å²) in [5.74, 6) is 0.755. The first-order chi connectivity index (χ1) is 14.3. The van der Waals surface area contributed by atoms with E-state index >= 15 is 0 Å². The minimum atomic E-state index is 0. The summed E-state index contributed by atoms with van der Waals surface area (Å²) in [7, 11) is 0. The molecule has 2 aromatic heterocycles. The monoisotopic (exact) mass is 432 g/mol. The number of hydrogen-bond acceptors (Lipinski definition) is 3. The van der Waals surface area contributed by atoms with E-state index in [0.717, 1.165) is 39.4 Å². The maximum Gasteiger partial charge on any atom is 0.150 e. The lowest BCUT2D eigenvalue weighted by Gasteiger charge is -2.09. The number of para-hydroxylation sites is 1. The van der Waals surface area contributed by atoms with Crippen LogP contribution >= 0.6 is 24.0 Å². The fourth-order valence-corrected chi connectivity index (χ4v) is 3.57. The molecular formula is C24H18Cl2N4. The minimum Gasteiger partial charge on any atom is -0.340 e. The molecule has 6 heteroatoms. The predicted octanol–water partition coefficient (Wildman–Crippen LogP) is 6.91. The molecule has 0 saturated carbocycles. The molecule has 0 bridgehead atoms. The highest BCUT2D eigenvalue weighted by Crippen LogP contribution is 2.36. The molecule has 2 heterocycles. The smallest absolute Gasteiger partial charge is 0.150 e. The van der Waals surface area contributed by atoms with Crippen LogP contribution in [0.15, 0.2) is 97.5 Å². The molecule has 5 aromatic rings. The van der Waals surface area contributed by atoms with Gasteiger partial charge in [0.15, 0.2) is 5.65 Å². The van der Waals surface area contributed by atoms with Gasteiger partial charge in [0.05, 0.1) is 5.39 Å². The van der Waals surface area contributed by atoms with E-state index in [0.29, 0.717) is 5.02 Å². The molecular weight excluding hydrogens is 415 g/mol. The third-order valence-electron chi connectivity index (χ3n) is 4.81. The maximum absolute atomic E-state index is 6.03. The molecule has 0 amide bonds. The third-order valence-corrected chi connectivity index (χ3v) is 5.06. The Hall–Kier alpha value is -3.34. The van der Waals surface area contributed by atoms with Gasteiger partial charge in [0.1, 0.15) is 12.1 Å². The molecule has 0 unspecified atom stereocenters. The molecule has 5 rings (SSSR count). The Labute approximate surface area is 185 Å². The zero-order valence-electron chi connectivity index (χ0n) is 15.9. The Morgan fingerprint density at radius 3 is 2.13 bits per heavy atom. The number of benzene rings is 3. The van der Waals surface area contributed by atoms with Crippen molar-refractivity contribution >= 4 is 46.5 Å². The highest BCUT2D eigenvalue weighted by atomic mass is 35.5. The lowest BCUT2D eigenvalue weighted by molar-refractivity contribution is 1.08. The first kappa shape index (κ1) is 20.0. The molecule has 0 radical (unpaired) electrons. The van der Waals surface area contributed by atoms with Gasteiger partial charge in [-0.1, -0.05) is 60.1 Å². The van der Waals surface area contributed by atoms with Crippen LogP contribution in [0, 0.1) is 0 Å². The quantitative estimate of drug-likeness (QED) is 0.335. The van der Waals surface area contributed by atoms with Crippen LogP contribution in [0.5, 0.6) is 0 Å². The lowest BCUT2D eigenvalue weighted by atomic mass is 10.1. The second kappa shape index (κ2) is 8.57. The Kier molecular flexibility index (Phi) is 5.70. The maximum atomic E-state index is 6.03. The third kappa shape index (κ3) is 3.75. The van der Waals surface area contributed by atoms with E-state index in [4.69, 9.17) is 11.6 Å². The zero-order valence-corrected chi connectivity index (χ0v) is 17.4. The van der Waals surface area contributed by atoms with Crippen LogP contribution in [0.25, 0.3) is 27.8 Å². The normalized spacial score (nSPS) is 10.6. The van der Waals surface area contributed by atoms with Crippen molar-refractivity contribution in [2.75, 3.05) is 5.32 Å². The van der Waals surface area contributed by atoms with E-state index in [9.17, 15) is 0 Å². The molecule has 30 heavy (non-hydrogen) atoms. The van der Waals surface area contributed by atoms with Gasteiger partial charge in [-0.05, 0) is 42.0 Å². The van der Waals surface area contributed by atoms with Crippen LogP contribution in [0.2, 0.25) is 5.02 Å². The van der Waals surface area contributed by atoms with Gasteiger partial charge in [-0.2, -0.15) is 0 Å². The van der Waals surface area contributed by atoms with Gasteiger partial charge >= 0.3 is 0 Å². The average molecular weight is 433 g/mol. The molecule has 0 aliphatic heterocycles. The van der Waals surface area contributed by atoms with E-state index in [1.807, 2.05) is 60.7 Å². The molecule has 0 saturated heterocycles. The van der Waals surface area contributed by atoms with Crippen LogP contribution in [-0.4, -0.2) is 14.5 Å². The number of fused-ring (bicyclic) bond motifs is 1. The van der Waals surface area contributed by atoms with Crippen LogP contribution in [0.1, 0.15) is 0 Å². The van der Waals surface area contributed by atoms with E-state index in [1.165, 1.54) is 0 Å². The van der Waals surface area contributed by atoms with Crippen LogP contribution in [0.3, 0.4) is 0 Å². The van der Waals surface area contributed by atoms with Crippen molar-refractivity contribution in [2.45, 2.75) is 0 Å². The van der Waals surface area contributed by atoms with Gasteiger partial charge in [-0.15, -0.1) is 12.4 Å². The molecule has 3 aromatic carbocycles. The summed E-state index contributed by atoms with van der Waals surface area (Å²) in [6.45, 7) is 0. The number of aromatic nitrogens is 3. The Balaban J connectivity index is 0.00000218. The number of hydrogen-bond donors (Lipinski definition) is 1. The largest absolute Gasteiger partial charge is 0.340 e. The Bertz CT molecular complexity index is 1270. The zero-order chi connectivity index (χ0) is 19.6. The number of halogens is 2. The van der Waals surface area contributed by atoms with Crippen LogP contribution < -0.4 is 5.32 Å². The Morgan fingerprint density at radius 1 is 0.767 bits per heavy atom. The highest BCUT2D eigenvalue weighted by Gasteiger charge is 2.17. The summed E-state index contributed by atoms with van der Waals surface area (Å²) in [6.07, 6.45) is 3.71. The molecule has 0 aliphatic carbocycles. The van der Waals surface area contributed by atoms with Gasteiger partial charge in [-0.3, -0.25) is 0 Å². The van der Waals surface area contributed by atoms with Gasteiger partial charge in [0, 0.05) is 28.2 Å². The second-order valence-electron chi connectivity index (χ2n) is 6.67. The SMILES string of the molecule is Cl.Clc1ccc(Nc2ncnc3c2c(-c2ccccc2)cn3-c2ccccc2)cc1. The van der Waals surface area contributed by atoms with E-state index < -0.39 is 0 Å². The summed E-state index contributed by atoms with van der Waals surface area (Å²) < 4.78 is 2.10. The van der Waals surface area contributed by atoms with Gasteiger partial charge in [0.2, 0.25) is 0 Å². The van der Waals surface area contributed by atoms with Crippen molar-refractivity contribution in [3.63, 3.8) is 0 Å². The molecule has 0 aliphatic rings. The van der Waals surface area contributed by atoms with E-state index in [1.54, 1.807) is 6.33 Å². The van der Waals surface area contributed by atoms with Crippen molar-refractivity contribution in [2.24, 2.45) is 0 Å². The van der Waals surface area contributed by atoms with Crippen molar-refractivity contribution in [3.8, 4) is 16.8 Å². The van der Waals surface area contributed by atoms with E-state index in [-0.39, 0.29) is 12.4 Å². The second-order valence-corrected chi connectivity index (χ2v) is 7.10. The predicted molar refractivity (Wildman–Crippen MR) is 126 cm³/mol. The lowest BCUT2D eigenvalue weighted by Crippen LogP contribution is -1.98. The van der Waals surface area contributed by atoms with Crippen molar-refractivity contribution < 1.29 is 0 Å². The molecule has 0 fully saturated rings. The first-order valence-corrected chi connectivity index (χ1v) is 9.67. The fraction of sp³-hybridized carbons (Fsp3) is 0. The number of rotatable bonds is 4. The highest BCUT2D eigenvalue weighted by molar-refractivity contribution is 6.30. The number of nitrogens with one attached hydrogen (secondary N) is 1. The summed E-state index contributed by atoms with van der Waals surface area (Å²) in [5.41, 5.74) is 5.00. The summed E-state index contributed by atoms with van der Waals surface area (Å²) in [4.78, 5) is 9.16. The summed E-state index contributed by atoms with van der Waals surface area (Å²) in [6, 6.07) is 28.1. The van der Waals surface area contributed by atoms with Gasteiger partial charge in [0.25, 0.3) is 0 Å². The number of nitrogens with zero attached hydrogens (tertiary/aromatic N) is 3. The molecule has 4 nitrogen and oxygen atoms in total. The van der Waals surface area contributed by atoms with Crippen LogP contribution in [0.4, 0.5) is 11.5 Å². The van der Waals surface area contributed by atoms with E-state index in [2.05, 4.69) is 50.3 Å². The molecule has 1 N–H and O–H groups in total. The Morgan fingerprint density at radius 2 is 1.43 bits per heavy atom. The standard InChI is InChI=1S/C24H17ClN4.ClH/c25-18-11-13-19(14-12-18)28-23-22-21(17-7-3-1-4-8-17)15-29(24(22)27-16-26-23)20-9-5-2-6-10-20;/h1-16H,(H,26,27,28);1H. The van der Waals surface area contributed by atoms with Crippen molar-refractivity contribution in [1.29, 1.82) is 0 Å². The van der Waals surface area contributed by atoms with Gasteiger partial charge in [-0.25, -0.2) is 9.97 Å². The summed E-state index contributed by atoms with van der Waals surface area (Å²) in [5, 5.41) is 5.09. The van der Waals surface area contributed by atoms with Crippen LogP contribution in [-0.2, 0) is 0 Å². The average Bonchev–Trinajstić information content (AvgIpc) is 3.17. The number of anilines is 2. The minimum absolute atomic E-state index is 0. The first-order valence-electron chi connectivity index (χ1n) is 9.29. The summed E-state index contributed by atoms with van der Waals surface area (Å²) >= 11 is 6.03. The van der Waals surface area contributed by atoms with Gasteiger partial charge < -0.3 is 9.88 Å². The van der Waals surface area contributed by atoms with Crippen molar-refractivity contribution in [3.05, 3.63) is 102 Å². The molecule has 0 spiro atoms. The fourth-order valence-electron chi connectivity index (χ4n) is 3.45. The molecule has 0 atom stereocenters. The molecule has 148 valence electrons. The van der Waals surface area contributed by atoms with Crippen molar-refractivity contribution in [1.82, 2.24) is 14.5 Å². The topological polar surface area (TPSA) is 42.7 Å².